The molecule has 0 aromatic carbocycles. The van der Waals surface area contributed by atoms with Crippen LogP contribution in [0.3, 0.4) is 0 Å². The molecular weight excluding hydrogens is 443 g/mol. The summed E-state index contributed by atoms with van der Waals surface area (Å²) < 4.78 is 27.0. The van der Waals surface area contributed by atoms with Crippen LogP contribution in [0.4, 0.5) is 0 Å². The summed E-state index contributed by atoms with van der Waals surface area (Å²) in [4.78, 5) is 46.0. The van der Waals surface area contributed by atoms with Crippen molar-refractivity contribution in [1.82, 2.24) is 0 Å². The molecule has 1 aliphatic heterocycles. The molecule has 0 saturated carbocycles. The van der Waals surface area contributed by atoms with Crippen LogP contribution in [0.15, 0.2) is 0 Å². The quantitative estimate of drug-likeness (QED) is 0.305. The summed E-state index contributed by atoms with van der Waals surface area (Å²) >= 11 is -1.33. The predicted molar refractivity (Wildman–Crippen MR) is 97.0 cm³/mol. The minimum absolute atomic E-state index is 0.199. The first-order valence-corrected chi connectivity index (χ1v) is 15.0. The second kappa shape index (κ2) is 10.9. The molecule has 0 unspecified atom stereocenters. The summed E-state index contributed by atoms with van der Waals surface area (Å²) in [5, 5.41) is 0. The van der Waals surface area contributed by atoms with Crippen molar-refractivity contribution in [1.29, 1.82) is 0 Å². The van der Waals surface area contributed by atoms with Gasteiger partial charge in [-0.15, -0.1) is 0 Å². The molecule has 1 fully saturated rings. The molecule has 0 N–H and O–H groups in total. The molecule has 9 nitrogen and oxygen atoms in total. The van der Waals surface area contributed by atoms with E-state index in [9.17, 15) is 19.2 Å². The molecule has 11 heteroatoms. The average molecular weight is 468 g/mol. The van der Waals surface area contributed by atoms with E-state index in [1.54, 1.807) is 0 Å². The molecule has 154 valence electrons. The second-order valence-electron chi connectivity index (χ2n) is 5.99. The number of ether oxygens (including phenoxy) is 5. The summed E-state index contributed by atoms with van der Waals surface area (Å²) in [6.45, 7) is 4.66. The van der Waals surface area contributed by atoms with Crippen molar-refractivity contribution < 1.29 is 42.9 Å². The Hall–Kier alpha value is -1.25. The van der Waals surface area contributed by atoms with Crippen LogP contribution in [0.25, 0.3) is 0 Å². The molecule has 5 atom stereocenters. The SMILES string of the molecule is CC(=O)OC[C@H]1O[C@@H](S[As](C)C)[C@H](OC(C)=O)[C@@H](OC(C)=O)[C@@H]1OC(C)=O. The van der Waals surface area contributed by atoms with Gasteiger partial charge in [-0.05, 0) is 0 Å². The molecule has 1 heterocycles. The molecule has 1 aliphatic rings. The number of carbonyl (C=O) groups is 4. The van der Waals surface area contributed by atoms with Crippen LogP contribution >= 0.6 is 10.0 Å². The van der Waals surface area contributed by atoms with Gasteiger partial charge in [-0.1, -0.05) is 0 Å². The Labute approximate surface area is 166 Å². The van der Waals surface area contributed by atoms with Crippen molar-refractivity contribution in [2.24, 2.45) is 0 Å². The summed E-state index contributed by atoms with van der Waals surface area (Å²) in [5.74, 6) is -2.39. The van der Waals surface area contributed by atoms with Crippen molar-refractivity contribution in [2.45, 2.75) is 69.0 Å². The first-order chi connectivity index (χ1) is 12.5. The average Bonchev–Trinajstić information content (AvgIpc) is 2.49. The number of rotatable bonds is 7. The maximum absolute atomic E-state index is 11.6. The standard InChI is InChI=1S/C16H25AsO9S/c1-8(18)22-7-12-13(23-9(2)19)14(24-10(3)20)15(25-11(4)21)16(26-12)27-17(5)6/h12-16H,7H2,1-6H3/t12-,13-,14+,15-,16+/m1/s1. The molecule has 0 aromatic rings. The Bertz CT molecular complexity index is 568. The Morgan fingerprint density at radius 1 is 0.815 bits per heavy atom. The van der Waals surface area contributed by atoms with Gasteiger partial charge in [-0.2, -0.15) is 0 Å². The van der Waals surface area contributed by atoms with Crippen molar-refractivity contribution in [3.8, 4) is 0 Å². The van der Waals surface area contributed by atoms with Crippen LogP contribution in [-0.4, -0.2) is 73.8 Å². The summed E-state index contributed by atoms with van der Waals surface area (Å²) in [5.41, 5.74) is 3.47. The van der Waals surface area contributed by atoms with Crippen molar-refractivity contribution in [3.05, 3.63) is 0 Å². The fraction of sp³-hybridized carbons (Fsp3) is 0.750. The molecule has 0 radical (unpaired) electrons. The fourth-order valence-electron chi connectivity index (χ4n) is 2.48. The molecule has 1 saturated heterocycles. The van der Waals surface area contributed by atoms with Gasteiger partial charge in [0.05, 0.1) is 0 Å². The zero-order valence-electron chi connectivity index (χ0n) is 16.1. The van der Waals surface area contributed by atoms with E-state index in [0.29, 0.717) is 0 Å². The van der Waals surface area contributed by atoms with Crippen LogP contribution in [0.1, 0.15) is 27.7 Å². The third kappa shape index (κ3) is 8.11. The van der Waals surface area contributed by atoms with Crippen LogP contribution < -0.4 is 0 Å². The fourth-order valence-corrected chi connectivity index (χ4v) is 7.10. The van der Waals surface area contributed by atoms with E-state index >= 15 is 0 Å². The van der Waals surface area contributed by atoms with E-state index in [1.165, 1.54) is 37.7 Å². The van der Waals surface area contributed by atoms with E-state index in [4.69, 9.17) is 23.7 Å². The van der Waals surface area contributed by atoms with Gasteiger partial charge in [-0.25, -0.2) is 0 Å². The first kappa shape index (κ1) is 23.8. The second-order valence-corrected chi connectivity index (χ2v) is 15.2. The Morgan fingerprint density at radius 3 is 1.74 bits per heavy atom. The van der Waals surface area contributed by atoms with Gasteiger partial charge in [0.2, 0.25) is 0 Å². The third-order valence-corrected chi connectivity index (χ3v) is 8.23. The first-order valence-electron chi connectivity index (χ1n) is 8.15. The normalized spacial score (nSPS) is 27.6. The van der Waals surface area contributed by atoms with E-state index in [0.717, 1.165) is 0 Å². The maximum atomic E-state index is 11.6. The molecule has 0 amide bonds. The molecule has 0 bridgehead atoms. The van der Waals surface area contributed by atoms with Crippen LogP contribution in [0.2, 0.25) is 11.4 Å². The van der Waals surface area contributed by atoms with E-state index in [-0.39, 0.29) is 6.61 Å². The van der Waals surface area contributed by atoms with E-state index in [2.05, 4.69) is 11.4 Å². The predicted octanol–water partition coefficient (Wildman–Crippen LogP) is 1.05. The molecular formula is C16H25AsO9S. The van der Waals surface area contributed by atoms with Gasteiger partial charge >= 0.3 is 166 Å². The van der Waals surface area contributed by atoms with Crippen LogP contribution in [0, 0.1) is 0 Å². The van der Waals surface area contributed by atoms with Gasteiger partial charge in [-0.3, -0.25) is 0 Å². The number of hydrogen-bond acceptors (Lipinski definition) is 10. The summed E-state index contributed by atoms with van der Waals surface area (Å²) in [7, 11) is 1.49. The molecule has 0 aliphatic carbocycles. The summed E-state index contributed by atoms with van der Waals surface area (Å²) in [6.07, 6.45) is -4.02. The van der Waals surface area contributed by atoms with Gasteiger partial charge in [0.15, 0.2) is 0 Å². The monoisotopic (exact) mass is 468 g/mol. The Balaban J connectivity index is 3.27. The molecule has 27 heavy (non-hydrogen) atoms. The zero-order chi connectivity index (χ0) is 20.7. The number of carbonyl (C=O) groups excluding carboxylic acids is 4. The number of hydrogen-bond donors (Lipinski definition) is 0. The molecule has 1 rings (SSSR count). The topological polar surface area (TPSA) is 114 Å². The number of esters is 4. The Morgan fingerprint density at radius 2 is 1.30 bits per heavy atom. The van der Waals surface area contributed by atoms with E-state index < -0.39 is 67.2 Å². The van der Waals surface area contributed by atoms with Crippen LogP contribution in [-0.2, 0) is 42.9 Å². The minimum atomic E-state index is -1.33. The van der Waals surface area contributed by atoms with Crippen molar-refractivity contribution in [2.75, 3.05) is 6.61 Å². The van der Waals surface area contributed by atoms with Crippen molar-refractivity contribution >= 4 is 47.4 Å². The van der Waals surface area contributed by atoms with Crippen molar-refractivity contribution in [3.63, 3.8) is 0 Å². The van der Waals surface area contributed by atoms with Crippen LogP contribution in [0.5, 0.6) is 0 Å². The zero-order valence-corrected chi connectivity index (χ0v) is 18.8. The van der Waals surface area contributed by atoms with Gasteiger partial charge in [0.1, 0.15) is 0 Å². The van der Waals surface area contributed by atoms with Gasteiger partial charge < -0.3 is 0 Å². The molecule has 0 spiro atoms. The third-order valence-electron chi connectivity index (χ3n) is 3.26. The molecule has 0 aromatic heterocycles. The summed E-state index contributed by atoms with van der Waals surface area (Å²) in [6, 6.07) is 0. The van der Waals surface area contributed by atoms with Gasteiger partial charge in [0, 0.05) is 0 Å². The van der Waals surface area contributed by atoms with Gasteiger partial charge in [0.25, 0.3) is 0 Å². The van der Waals surface area contributed by atoms with E-state index in [1.807, 2.05) is 0 Å². The Kier molecular flexibility index (Phi) is 9.62.